The summed E-state index contributed by atoms with van der Waals surface area (Å²) in [4.78, 5) is 14.0. The Labute approximate surface area is 126 Å². The molecule has 2 aromatic rings. The maximum atomic E-state index is 13.1. The van der Waals surface area contributed by atoms with Crippen LogP contribution in [0.2, 0.25) is 0 Å². The van der Waals surface area contributed by atoms with E-state index in [0.29, 0.717) is 10.0 Å². The maximum Gasteiger partial charge on any atom is 0.259 e. The highest BCUT2D eigenvalue weighted by Crippen LogP contribution is 2.22. The zero-order valence-electron chi connectivity index (χ0n) is 11.4. The third kappa shape index (κ3) is 3.07. The molecule has 20 heavy (non-hydrogen) atoms. The van der Waals surface area contributed by atoms with Crippen LogP contribution in [-0.2, 0) is 6.42 Å². The summed E-state index contributed by atoms with van der Waals surface area (Å²) in [5.41, 5.74) is 2.47. The van der Waals surface area contributed by atoms with Crippen molar-refractivity contribution in [2.45, 2.75) is 13.3 Å². The van der Waals surface area contributed by atoms with Crippen molar-refractivity contribution in [2.75, 3.05) is 11.9 Å². The van der Waals surface area contributed by atoms with Crippen molar-refractivity contribution in [2.24, 2.45) is 0 Å². The predicted octanol–water partition coefficient (Wildman–Crippen LogP) is 4.43. The van der Waals surface area contributed by atoms with Gasteiger partial charge in [0.15, 0.2) is 0 Å². The minimum Gasteiger partial charge on any atom is -0.311 e. The van der Waals surface area contributed by atoms with Crippen LogP contribution in [0.15, 0.2) is 46.9 Å². The zero-order valence-corrected chi connectivity index (χ0v) is 12.9. The minimum atomic E-state index is -0.372. The van der Waals surface area contributed by atoms with Crippen molar-refractivity contribution >= 4 is 27.5 Å². The number of hydrogen-bond donors (Lipinski definition) is 0. The van der Waals surface area contributed by atoms with Gasteiger partial charge in [0.1, 0.15) is 5.82 Å². The van der Waals surface area contributed by atoms with Crippen LogP contribution in [0.3, 0.4) is 0 Å². The van der Waals surface area contributed by atoms with Crippen molar-refractivity contribution in [3.8, 4) is 0 Å². The number of amides is 1. The molecule has 0 bridgehead atoms. The Kier molecular flexibility index (Phi) is 4.55. The average molecular weight is 336 g/mol. The Morgan fingerprint density at radius 2 is 1.85 bits per heavy atom. The van der Waals surface area contributed by atoms with Crippen molar-refractivity contribution in [3.05, 3.63) is 63.9 Å². The molecule has 0 unspecified atom stereocenters. The van der Waals surface area contributed by atoms with Crippen LogP contribution in [0.4, 0.5) is 10.1 Å². The first-order valence-corrected chi connectivity index (χ1v) is 7.14. The standard InChI is InChI=1S/C16H15BrFNO/c1-3-11-4-7-13(8-5-11)19(2)16(20)14-9-6-12(18)10-15(14)17/h4-10H,3H2,1-2H3. The number of hydrogen-bond acceptors (Lipinski definition) is 1. The molecule has 0 spiro atoms. The summed E-state index contributed by atoms with van der Waals surface area (Å²) < 4.78 is 13.5. The number of carbonyl (C=O) groups is 1. The van der Waals surface area contributed by atoms with Crippen LogP contribution in [0, 0.1) is 5.82 Å². The predicted molar refractivity (Wildman–Crippen MR) is 82.7 cm³/mol. The van der Waals surface area contributed by atoms with Gasteiger partial charge < -0.3 is 4.90 Å². The molecule has 0 radical (unpaired) electrons. The number of rotatable bonds is 3. The highest BCUT2D eigenvalue weighted by Gasteiger charge is 2.16. The molecule has 1 amide bonds. The third-order valence-corrected chi connectivity index (χ3v) is 3.85. The molecule has 0 saturated heterocycles. The van der Waals surface area contributed by atoms with Gasteiger partial charge in [-0.3, -0.25) is 4.79 Å². The second kappa shape index (κ2) is 6.18. The molecule has 104 valence electrons. The first kappa shape index (κ1) is 14.7. The van der Waals surface area contributed by atoms with Gasteiger partial charge in [-0.2, -0.15) is 0 Å². The Morgan fingerprint density at radius 3 is 2.40 bits per heavy atom. The van der Waals surface area contributed by atoms with Crippen molar-refractivity contribution in [1.29, 1.82) is 0 Å². The highest BCUT2D eigenvalue weighted by atomic mass is 79.9. The van der Waals surface area contributed by atoms with E-state index in [1.54, 1.807) is 11.9 Å². The van der Waals surface area contributed by atoms with Crippen LogP contribution in [-0.4, -0.2) is 13.0 Å². The zero-order chi connectivity index (χ0) is 14.7. The van der Waals surface area contributed by atoms with Gasteiger partial charge in [-0.05, 0) is 58.2 Å². The Balaban J connectivity index is 2.27. The lowest BCUT2D eigenvalue weighted by atomic mass is 10.1. The molecule has 0 atom stereocenters. The van der Waals surface area contributed by atoms with Gasteiger partial charge >= 0.3 is 0 Å². The fourth-order valence-corrected chi connectivity index (χ4v) is 2.44. The molecule has 0 aliphatic heterocycles. The molecule has 0 heterocycles. The maximum absolute atomic E-state index is 13.1. The number of carbonyl (C=O) groups excluding carboxylic acids is 1. The van der Waals surface area contributed by atoms with Gasteiger partial charge in [0, 0.05) is 17.2 Å². The van der Waals surface area contributed by atoms with Crippen LogP contribution >= 0.6 is 15.9 Å². The van der Waals surface area contributed by atoms with Crippen molar-refractivity contribution < 1.29 is 9.18 Å². The summed E-state index contributed by atoms with van der Waals surface area (Å²) in [7, 11) is 1.71. The molecule has 2 nitrogen and oxygen atoms in total. The monoisotopic (exact) mass is 335 g/mol. The van der Waals surface area contributed by atoms with E-state index >= 15 is 0 Å². The van der Waals surface area contributed by atoms with E-state index in [0.717, 1.165) is 12.1 Å². The number of benzene rings is 2. The molecule has 0 aliphatic rings. The fraction of sp³-hybridized carbons (Fsp3) is 0.188. The second-order valence-corrected chi connectivity index (χ2v) is 5.36. The molecule has 2 aromatic carbocycles. The largest absolute Gasteiger partial charge is 0.311 e. The summed E-state index contributed by atoms with van der Waals surface area (Å²) in [6.45, 7) is 2.08. The molecule has 0 aliphatic carbocycles. The Morgan fingerprint density at radius 1 is 1.20 bits per heavy atom. The molecular weight excluding hydrogens is 321 g/mol. The SMILES string of the molecule is CCc1ccc(N(C)C(=O)c2ccc(F)cc2Br)cc1. The highest BCUT2D eigenvalue weighted by molar-refractivity contribution is 9.10. The summed E-state index contributed by atoms with van der Waals surface area (Å²) in [6.07, 6.45) is 0.960. The van der Waals surface area contributed by atoms with Gasteiger partial charge in [0.2, 0.25) is 0 Å². The minimum absolute atomic E-state index is 0.180. The number of aryl methyl sites for hydroxylation is 1. The fourth-order valence-electron chi connectivity index (χ4n) is 1.92. The molecule has 4 heteroatoms. The molecule has 0 fully saturated rings. The van der Waals surface area contributed by atoms with E-state index in [1.807, 2.05) is 24.3 Å². The number of anilines is 1. The lowest BCUT2D eigenvalue weighted by Crippen LogP contribution is -2.26. The van der Waals surface area contributed by atoms with E-state index in [4.69, 9.17) is 0 Å². The lowest BCUT2D eigenvalue weighted by molar-refractivity contribution is 0.0992. The molecule has 2 rings (SSSR count). The number of halogens is 2. The van der Waals surface area contributed by atoms with E-state index in [9.17, 15) is 9.18 Å². The molecular formula is C16H15BrFNO. The average Bonchev–Trinajstić information content (AvgIpc) is 2.46. The first-order valence-electron chi connectivity index (χ1n) is 6.35. The molecule has 0 N–H and O–H groups in total. The van der Waals surface area contributed by atoms with Gasteiger partial charge in [-0.15, -0.1) is 0 Å². The number of nitrogens with zero attached hydrogens (tertiary/aromatic N) is 1. The van der Waals surface area contributed by atoms with E-state index < -0.39 is 0 Å². The van der Waals surface area contributed by atoms with Gasteiger partial charge in [-0.25, -0.2) is 4.39 Å². The van der Waals surface area contributed by atoms with Gasteiger partial charge in [0.05, 0.1) is 5.56 Å². The molecule has 0 aromatic heterocycles. The lowest BCUT2D eigenvalue weighted by Gasteiger charge is -2.18. The van der Waals surface area contributed by atoms with Crippen LogP contribution in [0.1, 0.15) is 22.8 Å². The van der Waals surface area contributed by atoms with Gasteiger partial charge in [0.25, 0.3) is 5.91 Å². The van der Waals surface area contributed by atoms with E-state index in [1.165, 1.54) is 23.8 Å². The summed E-state index contributed by atoms with van der Waals surface area (Å²) in [6, 6.07) is 11.9. The molecule has 0 saturated carbocycles. The Hall–Kier alpha value is -1.68. The quantitative estimate of drug-likeness (QED) is 0.812. The van der Waals surface area contributed by atoms with Crippen LogP contribution in [0.25, 0.3) is 0 Å². The van der Waals surface area contributed by atoms with Gasteiger partial charge in [-0.1, -0.05) is 19.1 Å². The van der Waals surface area contributed by atoms with E-state index in [2.05, 4.69) is 22.9 Å². The second-order valence-electron chi connectivity index (χ2n) is 4.51. The topological polar surface area (TPSA) is 20.3 Å². The smallest absolute Gasteiger partial charge is 0.259 e. The van der Waals surface area contributed by atoms with Crippen LogP contribution in [0.5, 0.6) is 0 Å². The third-order valence-electron chi connectivity index (χ3n) is 3.20. The van der Waals surface area contributed by atoms with Crippen molar-refractivity contribution in [3.63, 3.8) is 0 Å². The van der Waals surface area contributed by atoms with Crippen LogP contribution < -0.4 is 4.90 Å². The normalized spacial score (nSPS) is 10.4. The summed E-state index contributed by atoms with van der Waals surface area (Å²) >= 11 is 3.22. The first-order chi connectivity index (χ1) is 9.52. The van der Waals surface area contributed by atoms with Crippen molar-refractivity contribution in [1.82, 2.24) is 0 Å². The summed E-state index contributed by atoms with van der Waals surface area (Å²) in [5.74, 6) is -0.551. The van der Waals surface area contributed by atoms with E-state index in [-0.39, 0.29) is 11.7 Å². The summed E-state index contributed by atoms with van der Waals surface area (Å²) in [5, 5.41) is 0. The Bertz CT molecular complexity index is 625.